The van der Waals surface area contributed by atoms with Gasteiger partial charge in [0, 0.05) is 6.42 Å². The third kappa shape index (κ3) is 5.03. The molecule has 0 aromatic heterocycles. The lowest BCUT2D eigenvalue weighted by Crippen LogP contribution is -2.06. The van der Waals surface area contributed by atoms with Crippen molar-refractivity contribution < 1.29 is 9.53 Å². The first-order valence-electron chi connectivity index (χ1n) is 6.54. The Morgan fingerprint density at radius 1 is 1.18 bits per heavy atom. The van der Waals surface area contributed by atoms with Crippen LogP contribution in [0.25, 0.3) is 0 Å². The summed E-state index contributed by atoms with van der Waals surface area (Å²) >= 11 is 0. The van der Waals surface area contributed by atoms with E-state index in [4.69, 9.17) is 4.74 Å². The van der Waals surface area contributed by atoms with E-state index in [9.17, 15) is 4.79 Å². The number of hydrogen-bond acceptors (Lipinski definition) is 2. The summed E-state index contributed by atoms with van der Waals surface area (Å²) in [5.74, 6) is 0.647. The molecule has 0 radical (unpaired) electrons. The number of rotatable bonds is 7. The van der Waals surface area contributed by atoms with E-state index in [1.807, 2.05) is 6.07 Å². The summed E-state index contributed by atoms with van der Waals surface area (Å²) in [5.41, 5.74) is 1.35. The van der Waals surface area contributed by atoms with Gasteiger partial charge in [-0.25, -0.2) is 0 Å². The molecule has 2 rings (SSSR count). The largest absolute Gasteiger partial charge is 0.465 e. The first-order chi connectivity index (χ1) is 8.34. The highest BCUT2D eigenvalue weighted by Gasteiger charge is 2.22. The van der Waals surface area contributed by atoms with Crippen molar-refractivity contribution in [1.82, 2.24) is 0 Å². The van der Waals surface area contributed by atoms with E-state index in [1.165, 1.54) is 18.4 Å². The zero-order valence-corrected chi connectivity index (χ0v) is 10.2. The van der Waals surface area contributed by atoms with Crippen LogP contribution >= 0.6 is 0 Å². The molecule has 0 N–H and O–H groups in total. The Bertz CT molecular complexity index is 341. The summed E-state index contributed by atoms with van der Waals surface area (Å²) in [4.78, 5) is 11.4. The first kappa shape index (κ1) is 12.2. The minimum Gasteiger partial charge on any atom is -0.465 e. The summed E-state index contributed by atoms with van der Waals surface area (Å²) in [6.45, 7) is 0.650. The van der Waals surface area contributed by atoms with Crippen LogP contribution in [-0.2, 0) is 16.0 Å². The number of carbonyl (C=O) groups excluding carboxylic acids is 1. The van der Waals surface area contributed by atoms with Gasteiger partial charge in [0.1, 0.15) is 0 Å². The average molecular weight is 232 g/mol. The van der Waals surface area contributed by atoms with Gasteiger partial charge in [0.2, 0.25) is 0 Å². The van der Waals surface area contributed by atoms with Crippen LogP contribution in [-0.4, -0.2) is 12.6 Å². The lowest BCUT2D eigenvalue weighted by molar-refractivity contribution is -0.144. The molecule has 0 amide bonds. The highest BCUT2D eigenvalue weighted by Crippen LogP contribution is 2.28. The van der Waals surface area contributed by atoms with Gasteiger partial charge in [0.25, 0.3) is 0 Å². The van der Waals surface area contributed by atoms with Crippen LogP contribution in [0.3, 0.4) is 0 Å². The molecule has 0 saturated heterocycles. The molecule has 1 fully saturated rings. The van der Waals surface area contributed by atoms with E-state index in [1.54, 1.807) is 0 Å². The number of hydrogen-bond donors (Lipinski definition) is 0. The number of unbranched alkanes of at least 4 members (excludes halogenated alkanes) is 1. The van der Waals surface area contributed by atoms with E-state index in [0.29, 0.717) is 18.9 Å². The van der Waals surface area contributed by atoms with Crippen molar-refractivity contribution in [3.05, 3.63) is 35.9 Å². The number of ether oxygens (including phenoxy) is 1. The summed E-state index contributed by atoms with van der Waals surface area (Å²) in [5, 5.41) is 0. The van der Waals surface area contributed by atoms with E-state index in [-0.39, 0.29) is 5.97 Å². The SMILES string of the molecule is O=C(CCCCc1ccccc1)OCC1CC1. The molecule has 1 aromatic carbocycles. The van der Waals surface area contributed by atoms with Crippen LogP contribution in [0.4, 0.5) is 0 Å². The molecule has 0 unspecified atom stereocenters. The third-order valence-corrected chi connectivity index (χ3v) is 3.12. The Hall–Kier alpha value is -1.31. The summed E-state index contributed by atoms with van der Waals surface area (Å²) in [6, 6.07) is 10.4. The Kier molecular flexibility index (Phi) is 4.60. The molecule has 2 nitrogen and oxygen atoms in total. The fourth-order valence-electron chi connectivity index (χ4n) is 1.81. The second-order valence-corrected chi connectivity index (χ2v) is 4.82. The summed E-state index contributed by atoms with van der Waals surface area (Å²) < 4.78 is 5.18. The average Bonchev–Trinajstić information content (AvgIpc) is 3.17. The predicted molar refractivity (Wildman–Crippen MR) is 67.7 cm³/mol. The molecule has 0 heterocycles. The number of esters is 1. The lowest BCUT2D eigenvalue weighted by atomic mass is 10.1. The maximum Gasteiger partial charge on any atom is 0.305 e. The van der Waals surface area contributed by atoms with Gasteiger partial charge in [0.05, 0.1) is 6.61 Å². The molecule has 1 aromatic rings. The number of benzene rings is 1. The van der Waals surface area contributed by atoms with Gasteiger partial charge in [-0.3, -0.25) is 4.79 Å². The maximum absolute atomic E-state index is 11.4. The zero-order valence-electron chi connectivity index (χ0n) is 10.2. The Labute approximate surface area is 103 Å². The first-order valence-corrected chi connectivity index (χ1v) is 6.54. The summed E-state index contributed by atoms with van der Waals surface area (Å²) in [7, 11) is 0. The monoisotopic (exact) mass is 232 g/mol. The minimum absolute atomic E-state index is 0.0232. The topological polar surface area (TPSA) is 26.3 Å². The van der Waals surface area contributed by atoms with Crippen molar-refractivity contribution in [2.24, 2.45) is 5.92 Å². The molecule has 2 heteroatoms. The minimum atomic E-state index is -0.0232. The zero-order chi connectivity index (χ0) is 11.9. The van der Waals surface area contributed by atoms with Crippen LogP contribution in [0.1, 0.15) is 37.7 Å². The Balaban J connectivity index is 1.51. The molecule has 0 spiro atoms. The fourth-order valence-corrected chi connectivity index (χ4v) is 1.81. The maximum atomic E-state index is 11.4. The molecule has 1 saturated carbocycles. The van der Waals surface area contributed by atoms with Crippen molar-refractivity contribution in [3.63, 3.8) is 0 Å². The lowest BCUT2D eigenvalue weighted by Gasteiger charge is -2.03. The van der Waals surface area contributed by atoms with Gasteiger partial charge in [-0.05, 0) is 43.6 Å². The van der Waals surface area contributed by atoms with E-state index >= 15 is 0 Å². The standard InChI is InChI=1S/C15H20O2/c16-15(17-12-14-10-11-14)9-5-4-8-13-6-2-1-3-7-13/h1-3,6-7,14H,4-5,8-12H2. The molecule has 0 aliphatic heterocycles. The quantitative estimate of drug-likeness (QED) is 0.532. The van der Waals surface area contributed by atoms with Crippen LogP contribution in [0, 0.1) is 5.92 Å². The van der Waals surface area contributed by atoms with E-state index < -0.39 is 0 Å². The molecule has 0 bridgehead atoms. The van der Waals surface area contributed by atoms with Gasteiger partial charge in [0.15, 0.2) is 0 Å². The Morgan fingerprint density at radius 2 is 1.94 bits per heavy atom. The van der Waals surface area contributed by atoms with Crippen LogP contribution in [0.5, 0.6) is 0 Å². The van der Waals surface area contributed by atoms with Gasteiger partial charge >= 0.3 is 5.97 Å². The third-order valence-electron chi connectivity index (χ3n) is 3.12. The highest BCUT2D eigenvalue weighted by molar-refractivity contribution is 5.69. The van der Waals surface area contributed by atoms with Crippen molar-refractivity contribution in [2.75, 3.05) is 6.61 Å². The fraction of sp³-hybridized carbons (Fsp3) is 0.533. The van der Waals surface area contributed by atoms with Crippen molar-refractivity contribution in [2.45, 2.75) is 38.5 Å². The molecular weight excluding hydrogens is 212 g/mol. The van der Waals surface area contributed by atoms with Crippen molar-refractivity contribution in [1.29, 1.82) is 0 Å². The van der Waals surface area contributed by atoms with Gasteiger partial charge in [-0.15, -0.1) is 0 Å². The second-order valence-electron chi connectivity index (χ2n) is 4.82. The van der Waals surface area contributed by atoms with Crippen molar-refractivity contribution >= 4 is 5.97 Å². The van der Waals surface area contributed by atoms with E-state index in [2.05, 4.69) is 24.3 Å². The molecule has 92 valence electrons. The summed E-state index contributed by atoms with van der Waals surface area (Å²) in [6.07, 6.45) is 6.08. The number of aryl methyl sites for hydroxylation is 1. The molecule has 1 aliphatic rings. The van der Waals surface area contributed by atoms with Gasteiger partial charge in [-0.2, -0.15) is 0 Å². The number of carbonyl (C=O) groups is 1. The van der Waals surface area contributed by atoms with Crippen LogP contribution < -0.4 is 0 Å². The molecule has 1 aliphatic carbocycles. The molecule has 0 atom stereocenters. The van der Waals surface area contributed by atoms with Crippen LogP contribution in [0.2, 0.25) is 0 Å². The predicted octanol–water partition coefficient (Wildman–Crippen LogP) is 3.35. The van der Waals surface area contributed by atoms with Crippen molar-refractivity contribution in [3.8, 4) is 0 Å². The normalized spacial score (nSPS) is 14.6. The molecular formula is C15H20O2. The van der Waals surface area contributed by atoms with Gasteiger partial charge < -0.3 is 4.74 Å². The second kappa shape index (κ2) is 6.43. The smallest absolute Gasteiger partial charge is 0.305 e. The van der Waals surface area contributed by atoms with E-state index in [0.717, 1.165) is 19.3 Å². The Morgan fingerprint density at radius 3 is 2.65 bits per heavy atom. The molecule has 17 heavy (non-hydrogen) atoms. The van der Waals surface area contributed by atoms with Gasteiger partial charge in [-0.1, -0.05) is 30.3 Å². The van der Waals surface area contributed by atoms with Crippen LogP contribution in [0.15, 0.2) is 30.3 Å². The highest BCUT2D eigenvalue weighted by atomic mass is 16.5.